The van der Waals surface area contributed by atoms with Crippen LogP contribution in [-0.2, 0) is 11.3 Å². The summed E-state index contributed by atoms with van der Waals surface area (Å²) in [6.07, 6.45) is 0.338. The van der Waals surface area contributed by atoms with Crippen LogP contribution in [0.3, 0.4) is 0 Å². The first-order chi connectivity index (χ1) is 8.63. The molecule has 1 atom stereocenters. The van der Waals surface area contributed by atoms with Crippen molar-refractivity contribution in [1.82, 2.24) is 10.2 Å². The number of amides is 1. The van der Waals surface area contributed by atoms with E-state index in [0.29, 0.717) is 17.3 Å². The molecule has 0 bridgehead atoms. The summed E-state index contributed by atoms with van der Waals surface area (Å²) >= 11 is 6.14. The maximum atomic E-state index is 11.8. The van der Waals surface area contributed by atoms with Crippen LogP contribution in [-0.4, -0.2) is 37.6 Å². The van der Waals surface area contributed by atoms with Gasteiger partial charge in [0.15, 0.2) is 6.10 Å². The number of hydrogen-bond acceptors (Lipinski definition) is 3. The molecule has 1 heterocycles. The number of nitrogens with one attached hydrogen (secondary N) is 1. The van der Waals surface area contributed by atoms with Crippen molar-refractivity contribution in [1.29, 1.82) is 0 Å². The average molecular weight is 269 g/mol. The van der Waals surface area contributed by atoms with Crippen LogP contribution in [0.5, 0.6) is 5.75 Å². The Morgan fingerprint density at radius 2 is 2.33 bits per heavy atom. The molecular weight excluding hydrogens is 252 g/mol. The fourth-order valence-electron chi connectivity index (χ4n) is 2.05. The second-order valence-electron chi connectivity index (χ2n) is 4.40. The number of carbonyl (C=O) groups excluding carboxylic acids is 1. The van der Waals surface area contributed by atoms with Crippen LogP contribution in [0.4, 0.5) is 0 Å². The van der Waals surface area contributed by atoms with Gasteiger partial charge in [0.2, 0.25) is 0 Å². The lowest BCUT2D eigenvalue weighted by Gasteiger charge is -2.16. The van der Waals surface area contributed by atoms with Crippen LogP contribution in [0.25, 0.3) is 0 Å². The summed E-state index contributed by atoms with van der Waals surface area (Å²) in [4.78, 5) is 13.5. The minimum Gasteiger partial charge on any atom is -0.480 e. The van der Waals surface area contributed by atoms with Crippen molar-refractivity contribution in [3.05, 3.63) is 28.8 Å². The Hall–Kier alpha value is -1.26. The zero-order valence-electron chi connectivity index (χ0n) is 10.6. The van der Waals surface area contributed by atoms with Gasteiger partial charge >= 0.3 is 0 Å². The predicted octanol–water partition coefficient (Wildman–Crippen LogP) is 1.67. The van der Waals surface area contributed by atoms with E-state index in [1.165, 1.54) is 0 Å². The minimum atomic E-state index is -0.385. The second-order valence-corrected chi connectivity index (χ2v) is 4.81. The molecule has 1 aromatic carbocycles. The topological polar surface area (TPSA) is 41.6 Å². The van der Waals surface area contributed by atoms with Crippen molar-refractivity contribution in [2.45, 2.75) is 19.1 Å². The van der Waals surface area contributed by atoms with Gasteiger partial charge in [-0.15, -0.1) is 0 Å². The zero-order chi connectivity index (χ0) is 13.1. The molecule has 1 aliphatic rings. The SMILES string of the molecule is CNCc1c(Cl)cccc1OC1CCN(C)C1=O. The van der Waals surface area contributed by atoms with Crippen LogP contribution < -0.4 is 10.1 Å². The molecule has 98 valence electrons. The van der Waals surface area contributed by atoms with E-state index >= 15 is 0 Å². The lowest BCUT2D eigenvalue weighted by molar-refractivity contribution is -0.132. The van der Waals surface area contributed by atoms with E-state index in [4.69, 9.17) is 16.3 Å². The first-order valence-electron chi connectivity index (χ1n) is 5.97. The highest BCUT2D eigenvalue weighted by atomic mass is 35.5. The van der Waals surface area contributed by atoms with Gasteiger partial charge in [-0.25, -0.2) is 0 Å². The van der Waals surface area contributed by atoms with Crippen molar-refractivity contribution >= 4 is 17.5 Å². The summed E-state index contributed by atoms with van der Waals surface area (Å²) in [6, 6.07) is 5.51. The highest BCUT2D eigenvalue weighted by Crippen LogP contribution is 2.28. The maximum Gasteiger partial charge on any atom is 0.263 e. The van der Waals surface area contributed by atoms with Crippen molar-refractivity contribution in [2.24, 2.45) is 0 Å². The van der Waals surface area contributed by atoms with Crippen molar-refractivity contribution < 1.29 is 9.53 Å². The van der Waals surface area contributed by atoms with Crippen LogP contribution in [0, 0.1) is 0 Å². The van der Waals surface area contributed by atoms with Gasteiger partial charge in [-0.3, -0.25) is 4.79 Å². The van der Waals surface area contributed by atoms with Crippen molar-refractivity contribution in [2.75, 3.05) is 20.6 Å². The van der Waals surface area contributed by atoms with Gasteiger partial charge in [-0.1, -0.05) is 17.7 Å². The molecule has 1 saturated heterocycles. The lowest BCUT2D eigenvalue weighted by Crippen LogP contribution is -2.29. The zero-order valence-corrected chi connectivity index (χ0v) is 11.3. The van der Waals surface area contributed by atoms with E-state index in [0.717, 1.165) is 18.5 Å². The molecule has 2 rings (SSSR count). The molecule has 18 heavy (non-hydrogen) atoms. The number of carbonyl (C=O) groups is 1. The molecule has 1 aliphatic heterocycles. The Balaban J connectivity index is 2.18. The Kier molecular flexibility index (Phi) is 4.09. The number of likely N-dealkylation sites (N-methyl/N-ethyl adjacent to an activating group) is 1. The standard InChI is InChI=1S/C13H17ClN2O2/c1-15-8-9-10(14)4-3-5-11(9)18-12-6-7-16(2)13(12)17/h3-5,12,15H,6-8H2,1-2H3. The van der Waals surface area contributed by atoms with Crippen LogP contribution >= 0.6 is 11.6 Å². The fourth-order valence-corrected chi connectivity index (χ4v) is 2.28. The molecule has 1 N–H and O–H groups in total. The summed E-state index contributed by atoms with van der Waals surface area (Å²) in [5, 5.41) is 3.70. The summed E-state index contributed by atoms with van der Waals surface area (Å²) in [7, 11) is 3.64. The molecule has 0 aromatic heterocycles. The first kappa shape index (κ1) is 13.2. The molecule has 1 unspecified atom stereocenters. The average Bonchev–Trinajstić information content (AvgIpc) is 2.66. The Morgan fingerprint density at radius 3 is 2.94 bits per heavy atom. The van der Waals surface area contributed by atoms with Crippen LogP contribution in [0.2, 0.25) is 5.02 Å². The number of benzene rings is 1. The minimum absolute atomic E-state index is 0.0328. The normalized spacial score (nSPS) is 19.4. The largest absolute Gasteiger partial charge is 0.480 e. The summed E-state index contributed by atoms with van der Waals surface area (Å²) in [5.41, 5.74) is 0.893. The molecule has 0 radical (unpaired) electrons. The molecule has 0 aliphatic carbocycles. The number of nitrogens with zero attached hydrogens (tertiary/aromatic N) is 1. The molecule has 0 saturated carbocycles. The van der Waals surface area contributed by atoms with E-state index in [-0.39, 0.29) is 12.0 Å². The highest BCUT2D eigenvalue weighted by Gasteiger charge is 2.31. The smallest absolute Gasteiger partial charge is 0.263 e. The quantitative estimate of drug-likeness (QED) is 0.903. The molecule has 5 heteroatoms. The summed E-state index contributed by atoms with van der Waals surface area (Å²) < 4.78 is 5.81. The fraction of sp³-hybridized carbons (Fsp3) is 0.462. The van der Waals surface area contributed by atoms with Gasteiger partial charge in [0, 0.05) is 37.1 Å². The Bertz CT molecular complexity index is 451. The molecule has 0 spiro atoms. The highest BCUT2D eigenvalue weighted by molar-refractivity contribution is 6.31. The summed E-state index contributed by atoms with van der Waals surface area (Å²) in [6.45, 7) is 1.36. The molecule has 1 fully saturated rings. The second kappa shape index (κ2) is 5.59. The number of rotatable bonds is 4. The van der Waals surface area contributed by atoms with E-state index in [2.05, 4.69) is 5.32 Å². The van der Waals surface area contributed by atoms with Gasteiger partial charge in [-0.2, -0.15) is 0 Å². The molecule has 1 amide bonds. The Labute approximate surface area is 112 Å². The molecule has 4 nitrogen and oxygen atoms in total. The van der Waals surface area contributed by atoms with Gasteiger partial charge in [0.1, 0.15) is 5.75 Å². The van der Waals surface area contributed by atoms with Gasteiger partial charge in [0.05, 0.1) is 0 Å². The number of hydrogen-bond donors (Lipinski definition) is 1. The van der Waals surface area contributed by atoms with Gasteiger partial charge in [-0.05, 0) is 19.2 Å². The third-order valence-electron chi connectivity index (χ3n) is 3.08. The number of ether oxygens (including phenoxy) is 1. The summed E-state index contributed by atoms with van der Waals surface area (Å²) in [5.74, 6) is 0.718. The first-order valence-corrected chi connectivity index (χ1v) is 6.35. The maximum absolute atomic E-state index is 11.8. The van der Waals surface area contributed by atoms with Gasteiger partial charge < -0.3 is 15.0 Å². The van der Waals surface area contributed by atoms with E-state index in [1.54, 1.807) is 11.9 Å². The number of halogens is 1. The van der Waals surface area contributed by atoms with E-state index in [9.17, 15) is 4.79 Å². The van der Waals surface area contributed by atoms with Crippen LogP contribution in [0.1, 0.15) is 12.0 Å². The van der Waals surface area contributed by atoms with E-state index < -0.39 is 0 Å². The predicted molar refractivity (Wildman–Crippen MR) is 70.9 cm³/mol. The molecular formula is C13H17ClN2O2. The Morgan fingerprint density at radius 1 is 1.56 bits per heavy atom. The third-order valence-corrected chi connectivity index (χ3v) is 3.43. The van der Waals surface area contributed by atoms with Crippen LogP contribution in [0.15, 0.2) is 18.2 Å². The lowest BCUT2D eigenvalue weighted by atomic mass is 10.2. The van der Waals surface area contributed by atoms with E-state index in [1.807, 2.05) is 25.2 Å². The molecule has 1 aromatic rings. The monoisotopic (exact) mass is 268 g/mol. The van der Waals surface area contributed by atoms with Crippen molar-refractivity contribution in [3.63, 3.8) is 0 Å². The third kappa shape index (κ3) is 2.60. The number of likely N-dealkylation sites (tertiary alicyclic amines) is 1. The van der Waals surface area contributed by atoms with Crippen molar-refractivity contribution in [3.8, 4) is 5.75 Å². The van der Waals surface area contributed by atoms with Gasteiger partial charge in [0.25, 0.3) is 5.91 Å².